The fourth-order valence-corrected chi connectivity index (χ4v) is 4.40. The summed E-state index contributed by atoms with van der Waals surface area (Å²) in [5.41, 5.74) is 3.17. The van der Waals surface area contributed by atoms with Crippen molar-refractivity contribution in [2.75, 3.05) is 37.7 Å². The van der Waals surface area contributed by atoms with Crippen LogP contribution >= 0.6 is 0 Å². The summed E-state index contributed by atoms with van der Waals surface area (Å²) in [7, 11) is 0. The monoisotopic (exact) mass is 419 g/mol. The average molecular weight is 420 g/mol. The van der Waals surface area contributed by atoms with Crippen LogP contribution in [0.25, 0.3) is 6.08 Å². The van der Waals surface area contributed by atoms with Gasteiger partial charge in [-0.3, -0.25) is 9.59 Å². The van der Waals surface area contributed by atoms with Crippen molar-refractivity contribution in [1.82, 2.24) is 9.80 Å². The van der Waals surface area contributed by atoms with Gasteiger partial charge in [0, 0.05) is 39.3 Å². The van der Waals surface area contributed by atoms with Crippen LogP contribution in [0.15, 0.2) is 54.7 Å². The van der Waals surface area contributed by atoms with Crippen LogP contribution in [-0.4, -0.2) is 54.4 Å². The molecule has 1 fully saturated rings. The van der Waals surface area contributed by atoms with Crippen molar-refractivity contribution in [2.45, 2.75) is 26.3 Å². The van der Waals surface area contributed by atoms with Gasteiger partial charge in [0.1, 0.15) is 5.75 Å². The van der Waals surface area contributed by atoms with Gasteiger partial charge in [-0.05, 0) is 36.3 Å². The highest BCUT2D eigenvalue weighted by molar-refractivity contribution is 5.82. The standard InChI is InChI=1S/C25H29N3O3/c1-3-31-24-11-7-6-10-22(24)26-14-16-27(17-15-26)25(30)18-23-21-9-5-4-8-20(21)12-13-28(23)19(2)29/h4-13,23H,3,14-18H2,1-2H3/t23-/m1/s1. The Morgan fingerprint density at radius 3 is 2.45 bits per heavy atom. The summed E-state index contributed by atoms with van der Waals surface area (Å²) < 4.78 is 5.77. The molecule has 2 aromatic rings. The van der Waals surface area contributed by atoms with Crippen LogP contribution in [0.2, 0.25) is 0 Å². The molecule has 2 aliphatic heterocycles. The molecular weight excluding hydrogens is 390 g/mol. The molecule has 0 radical (unpaired) electrons. The second kappa shape index (κ2) is 9.25. The van der Waals surface area contributed by atoms with Crippen LogP contribution in [0.1, 0.15) is 37.4 Å². The van der Waals surface area contributed by atoms with E-state index >= 15 is 0 Å². The number of benzene rings is 2. The van der Waals surface area contributed by atoms with E-state index in [9.17, 15) is 9.59 Å². The molecule has 0 N–H and O–H groups in total. The number of piperazine rings is 1. The minimum Gasteiger partial charge on any atom is -0.492 e. The van der Waals surface area contributed by atoms with Gasteiger partial charge in [-0.25, -0.2) is 0 Å². The van der Waals surface area contributed by atoms with E-state index < -0.39 is 0 Å². The van der Waals surface area contributed by atoms with E-state index in [0.29, 0.717) is 19.7 Å². The second-order valence-corrected chi connectivity index (χ2v) is 7.86. The summed E-state index contributed by atoms with van der Waals surface area (Å²) in [5, 5.41) is 0. The Morgan fingerprint density at radius 2 is 1.71 bits per heavy atom. The number of amides is 2. The number of para-hydroxylation sites is 2. The van der Waals surface area contributed by atoms with Crippen molar-refractivity contribution in [1.29, 1.82) is 0 Å². The lowest BCUT2D eigenvalue weighted by atomic mass is 9.93. The molecule has 162 valence electrons. The molecule has 2 heterocycles. The van der Waals surface area contributed by atoms with Gasteiger partial charge in [0.05, 0.1) is 24.8 Å². The van der Waals surface area contributed by atoms with E-state index in [-0.39, 0.29) is 24.3 Å². The number of ether oxygens (including phenoxy) is 1. The summed E-state index contributed by atoms with van der Waals surface area (Å²) in [6.07, 6.45) is 4.02. The van der Waals surface area contributed by atoms with Gasteiger partial charge in [-0.2, -0.15) is 0 Å². The van der Waals surface area contributed by atoms with Gasteiger partial charge >= 0.3 is 0 Å². The van der Waals surface area contributed by atoms with Gasteiger partial charge in [-0.1, -0.05) is 36.4 Å². The van der Waals surface area contributed by atoms with Crippen LogP contribution in [-0.2, 0) is 9.59 Å². The summed E-state index contributed by atoms with van der Waals surface area (Å²) >= 11 is 0. The van der Waals surface area contributed by atoms with E-state index in [1.54, 1.807) is 18.0 Å². The number of carbonyl (C=O) groups is 2. The van der Waals surface area contributed by atoms with Gasteiger partial charge in [0.25, 0.3) is 0 Å². The van der Waals surface area contributed by atoms with Gasteiger partial charge in [-0.15, -0.1) is 0 Å². The van der Waals surface area contributed by atoms with Crippen LogP contribution in [0, 0.1) is 0 Å². The summed E-state index contributed by atoms with van der Waals surface area (Å²) in [6, 6.07) is 15.8. The Labute approximate surface area is 183 Å². The molecule has 0 bridgehead atoms. The van der Waals surface area contributed by atoms with Crippen molar-refractivity contribution >= 4 is 23.6 Å². The Morgan fingerprint density at radius 1 is 1.00 bits per heavy atom. The number of nitrogens with zero attached hydrogens (tertiary/aromatic N) is 3. The minimum absolute atomic E-state index is 0.0547. The Balaban J connectivity index is 1.43. The van der Waals surface area contributed by atoms with Crippen LogP contribution in [0.3, 0.4) is 0 Å². The Hall–Kier alpha value is -3.28. The van der Waals surface area contributed by atoms with E-state index in [2.05, 4.69) is 11.0 Å². The predicted octanol–water partition coefficient (Wildman–Crippen LogP) is 3.70. The molecule has 0 aliphatic carbocycles. The molecular formula is C25H29N3O3. The fourth-order valence-electron chi connectivity index (χ4n) is 4.40. The first-order valence-electron chi connectivity index (χ1n) is 10.9. The largest absolute Gasteiger partial charge is 0.492 e. The Bertz CT molecular complexity index is 979. The molecule has 0 spiro atoms. The van der Waals surface area contributed by atoms with Gasteiger partial charge in [0.15, 0.2) is 0 Å². The second-order valence-electron chi connectivity index (χ2n) is 7.86. The molecule has 2 aliphatic rings. The molecule has 1 atom stereocenters. The highest BCUT2D eigenvalue weighted by Crippen LogP contribution is 2.34. The van der Waals surface area contributed by atoms with Crippen molar-refractivity contribution in [3.63, 3.8) is 0 Å². The molecule has 0 aromatic heterocycles. The van der Waals surface area contributed by atoms with E-state index in [0.717, 1.165) is 35.7 Å². The third-order valence-corrected chi connectivity index (χ3v) is 5.98. The molecule has 0 saturated carbocycles. The third-order valence-electron chi connectivity index (χ3n) is 5.98. The maximum atomic E-state index is 13.2. The number of hydrogen-bond acceptors (Lipinski definition) is 4. The number of fused-ring (bicyclic) bond motifs is 1. The molecule has 2 aromatic carbocycles. The normalized spacial score (nSPS) is 18.0. The highest BCUT2D eigenvalue weighted by Gasteiger charge is 2.31. The predicted molar refractivity (Wildman–Crippen MR) is 122 cm³/mol. The van der Waals surface area contributed by atoms with Crippen LogP contribution < -0.4 is 9.64 Å². The number of carbonyl (C=O) groups excluding carboxylic acids is 2. The highest BCUT2D eigenvalue weighted by atomic mass is 16.5. The first kappa shape index (κ1) is 21.0. The summed E-state index contributed by atoms with van der Waals surface area (Å²) in [4.78, 5) is 31.2. The van der Waals surface area contributed by atoms with Crippen molar-refractivity contribution in [3.05, 3.63) is 65.9 Å². The summed E-state index contributed by atoms with van der Waals surface area (Å²) in [6.45, 7) is 6.98. The first-order chi connectivity index (χ1) is 15.1. The van der Waals surface area contributed by atoms with Crippen molar-refractivity contribution in [3.8, 4) is 5.75 Å². The lowest BCUT2D eigenvalue weighted by Crippen LogP contribution is -2.49. The fraction of sp³-hybridized carbons (Fsp3) is 0.360. The molecule has 4 rings (SSSR count). The van der Waals surface area contributed by atoms with E-state index in [4.69, 9.17) is 4.74 Å². The van der Waals surface area contributed by atoms with Crippen molar-refractivity contribution in [2.24, 2.45) is 0 Å². The molecule has 6 heteroatoms. The minimum atomic E-state index is -0.261. The van der Waals surface area contributed by atoms with Gasteiger partial charge in [0.2, 0.25) is 11.8 Å². The molecule has 1 saturated heterocycles. The average Bonchev–Trinajstić information content (AvgIpc) is 2.80. The molecule has 0 unspecified atom stereocenters. The number of anilines is 1. The third kappa shape index (κ3) is 4.43. The smallest absolute Gasteiger partial charge is 0.225 e. The quantitative estimate of drug-likeness (QED) is 0.742. The zero-order valence-corrected chi connectivity index (χ0v) is 18.2. The Kier molecular flexibility index (Phi) is 6.26. The lowest BCUT2D eigenvalue weighted by molar-refractivity contribution is -0.134. The van der Waals surface area contributed by atoms with Crippen LogP contribution in [0.5, 0.6) is 5.75 Å². The molecule has 31 heavy (non-hydrogen) atoms. The zero-order valence-electron chi connectivity index (χ0n) is 18.2. The maximum Gasteiger partial charge on any atom is 0.225 e. The van der Waals surface area contributed by atoms with E-state index in [1.807, 2.05) is 60.4 Å². The SMILES string of the molecule is CCOc1ccccc1N1CCN(C(=O)C[C@@H]2c3ccccc3C=CN2C(C)=O)CC1. The maximum absolute atomic E-state index is 13.2. The van der Waals surface area contributed by atoms with Gasteiger partial charge < -0.3 is 19.4 Å². The first-order valence-corrected chi connectivity index (χ1v) is 10.9. The van der Waals surface area contributed by atoms with Crippen LogP contribution in [0.4, 0.5) is 5.69 Å². The number of rotatable bonds is 5. The zero-order chi connectivity index (χ0) is 21.8. The van der Waals surface area contributed by atoms with E-state index in [1.165, 1.54) is 0 Å². The lowest BCUT2D eigenvalue weighted by Gasteiger charge is -2.38. The molecule has 2 amide bonds. The van der Waals surface area contributed by atoms with Crippen molar-refractivity contribution < 1.29 is 14.3 Å². The molecule has 6 nitrogen and oxygen atoms in total. The number of hydrogen-bond donors (Lipinski definition) is 0. The topological polar surface area (TPSA) is 53.1 Å². The summed E-state index contributed by atoms with van der Waals surface area (Å²) in [5.74, 6) is 0.910.